The zero-order valence-corrected chi connectivity index (χ0v) is 13.0. The Labute approximate surface area is 131 Å². The summed E-state index contributed by atoms with van der Waals surface area (Å²) in [6.45, 7) is 2.61. The highest BCUT2D eigenvalue weighted by atomic mass is 32.2. The number of benzene rings is 1. The molecule has 7 heteroatoms. The molecule has 0 saturated heterocycles. The summed E-state index contributed by atoms with van der Waals surface area (Å²) in [5.41, 5.74) is 0.481. The summed E-state index contributed by atoms with van der Waals surface area (Å²) in [7, 11) is 1.25. The molecule has 0 fully saturated rings. The van der Waals surface area contributed by atoms with Crippen LogP contribution in [-0.2, 0) is 17.0 Å². The minimum Gasteiger partial charge on any atom is -0.465 e. The molecule has 1 aromatic carbocycles. The van der Waals surface area contributed by atoms with Gasteiger partial charge in [-0.05, 0) is 24.6 Å². The summed E-state index contributed by atoms with van der Waals surface area (Å²) in [4.78, 5) is 27.0. The fraction of sp³-hybridized carbons (Fsp3) is 0.267. The number of halogens is 1. The van der Waals surface area contributed by atoms with Crippen LogP contribution in [0.2, 0.25) is 0 Å². The van der Waals surface area contributed by atoms with E-state index in [9.17, 15) is 14.0 Å². The molecule has 0 aliphatic heterocycles. The van der Waals surface area contributed by atoms with Crippen molar-refractivity contribution < 1.29 is 13.9 Å². The van der Waals surface area contributed by atoms with Gasteiger partial charge in [0.05, 0.1) is 12.7 Å². The van der Waals surface area contributed by atoms with Crippen molar-refractivity contribution in [3.8, 4) is 0 Å². The Morgan fingerprint density at radius 3 is 2.86 bits per heavy atom. The molecular formula is C15H15FN2O3S. The molecule has 0 radical (unpaired) electrons. The summed E-state index contributed by atoms with van der Waals surface area (Å²) < 4.78 is 19.8. The molecule has 2 rings (SSSR count). The minimum absolute atomic E-state index is 0.177. The van der Waals surface area contributed by atoms with Crippen LogP contribution in [0.4, 0.5) is 4.39 Å². The lowest BCUT2D eigenvalue weighted by atomic mass is 10.1. The Kier molecular flexibility index (Phi) is 5.32. The van der Waals surface area contributed by atoms with Gasteiger partial charge in [0.15, 0.2) is 5.16 Å². The summed E-state index contributed by atoms with van der Waals surface area (Å²) in [5.74, 6) is -0.720. The molecule has 0 spiro atoms. The molecule has 116 valence electrons. The van der Waals surface area contributed by atoms with Gasteiger partial charge in [-0.25, -0.2) is 9.18 Å². The quantitative estimate of drug-likeness (QED) is 0.481. The molecular weight excluding hydrogens is 307 g/mol. The number of ether oxygens (including phenoxy) is 1. The highest BCUT2D eigenvalue weighted by Gasteiger charge is 2.14. The van der Waals surface area contributed by atoms with Crippen LogP contribution in [0.25, 0.3) is 0 Å². The van der Waals surface area contributed by atoms with Crippen molar-refractivity contribution >= 4 is 17.7 Å². The number of esters is 1. The topological polar surface area (TPSA) is 61.2 Å². The number of nitrogens with zero attached hydrogens (tertiary/aromatic N) is 2. The second-order valence-electron chi connectivity index (χ2n) is 4.42. The van der Waals surface area contributed by atoms with Crippen molar-refractivity contribution in [2.75, 3.05) is 7.11 Å². The first-order valence-electron chi connectivity index (χ1n) is 6.62. The molecule has 0 aliphatic carbocycles. The van der Waals surface area contributed by atoms with Gasteiger partial charge in [-0.2, -0.15) is 4.98 Å². The molecule has 5 nitrogen and oxygen atoms in total. The van der Waals surface area contributed by atoms with Crippen LogP contribution < -0.4 is 5.56 Å². The van der Waals surface area contributed by atoms with E-state index in [0.29, 0.717) is 23.0 Å². The first-order valence-corrected chi connectivity index (χ1v) is 7.60. The standard InChI is InChI=1S/C15H15FN2O3S/c1-3-18-7-6-13(19)17-15(18)22-9-10-4-5-11(16)8-12(10)14(20)21-2/h4-8H,3,9H2,1-2H3. The van der Waals surface area contributed by atoms with Gasteiger partial charge in [0.1, 0.15) is 5.82 Å². The van der Waals surface area contributed by atoms with Crippen LogP contribution in [0.15, 0.2) is 40.4 Å². The van der Waals surface area contributed by atoms with Crippen molar-refractivity contribution in [2.45, 2.75) is 24.4 Å². The Balaban J connectivity index is 2.27. The lowest BCUT2D eigenvalue weighted by molar-refractivity contribution is 0.0599. The third-order valence-electron chi connectivity index (χ3n) is 3.02. The normalized spacial score (nSPS) is 10.5. The molecule has 0 unspecified atom stereocenters. The van der Waals surface area contributed by atoms with E-state index in [1.807, 2.05) is 11.5 Å². The number of hydrogen-bond acceptors (Lipinski definition) is 5. The van der Waals surface area contributed by atoms with E-state index in [0.717, 1.165) is 6.07 Å². The first-order chi connectivity index (χ1) is 10.5. The maximum Gasteiger partial charge on any atom is 0.338 e. The molecule has 0 amide bonds. The average molecular weight is 322 g/mol. The van der Waals surface area contributed by atoms with Crippen LogP contribution in [-0.4, -0.2) is 22.6 Å². The van der Waals surface area contributed by atoms with Gasteiger partial charge in [-0.1, -0.05) is 17.8 Å². The Morgan fingerprint density at radius 2 is 2.18 bits per heavy atom. The molecule has 0 atom stereocenters. The Bertz CT molecular complexity index is 746. The van der Waals surface area contributed by atoms with Crippen LogP contribution in [0, 0.1) is 5.82 Å². The molecule has 0 aliphatic rings. The van der Waals surface area contributed by atoms with Gasteiger partial charge < -0.3 is 9.30 Å². The number of carbonyl (C=O) groups excluding carboxylic acids is 1. The molecule has 22 heavy (non-hydrogen) atoms. The predicted molar refractivity (Wildman–Crippen MR) is 81.5 cm³/mol. The van der Waals surface area contributed by atoms with Gasteiger partial charge in [0.2, 0.25) is 0 Å². The maximum absolute atomic E-state index is 13.3. The van der Waals surface area contributed by atoms with Crippen LogP contribution in [0.5, 0.6) is 0 Å². The number of aryl methyl sites for hydroxylation is 1. The van der Waals surface area contributed by atoms with Crippen LogP contribution in [0.3, 0.4) is 0 Å². The van der Waals surface area contributed by atoms with Gasteiger partial charge in [0.25, 0.3) is 5.56 Å². The molecule has 0 bridgehead atoms. The largest absolute Gasteiger partial charge is 0.465 e. The second-order valence-corrected chi connectivity index (χ2v) is 5.36. The fourth-order valence-electron chi connectivity index (χ4n) is 1.89. The number of hydrogen-bond donors (Lipinski definition) is 0. The predicted octanol–water partition coefficient (Wildman–Crippen LogP) is 2.48. The monoisotopic (exact) mass is 322 g/mol. The van der Waals surface area contributed by atoms with E-state index < -0.39 is 11.8 Å². The number of carbonyl (C=O) groups is 1. The lowest BCUT2D eigenvalue weighted by Gasteiger charge is -2.11. The second kappa shape index (κ2) is 7.22. The van der Waals surface area contributed by atoms with E-state index in [1.165, 1.54) is 37.1 Å². The number of thioether (sulfide) groups is 1. The van der Waals surface area contributed by atoms with Crippen LogP contribution in [0.1, 0.15) is 22.8 Å². The highest BCUT2D eigenvalue weighted by Crippen LogP contribution is 2.23. The Hall–Kier alpha value is -2.15. The molecule has 0 saturated carbocycles. The van der Waals surface area contributed by atoms with Gasteiger partial charge >= 0.3 is 5.97 Å². The fourth-order valence-corrected chi connectivity index (χ4v) is 2.93. The van der Waals surface area contributed by atoms with E-state index in [4.69, 9.17) is 0 Å². The molecule has 1 heterocycles. The van der Waals surface area contributed by atoms with Gasteiger partial charge in [-0.3, -0.25) is 4.79 Å². The van der Waals surface area contributed by atoms with Gasteiger partial charge in [0, 0.05) is 24.6 Å². The third kappa shape index (κ3) is 3.73. The summed E-state index contributed by atoms with van der Waals surface area (Å²) in [6, 6.07) is 5.36. The highest BCUT2D eigenvalue weighted by molar-refractivity contribution is 7.98. The number of methoxy groups -OCH3 is 1. The van der Waals surface area contributed by atoms with Crippen molar-refractivity contribution in [1.29, 1.82) is 0 Å². The average Bonchev–Trinajstić information content (AvgIpc) is 2.53. The minimum atomic E-state index is -0.594. The van der Waals surface area contributed by atoms with E-state index in [1.54, 1.807) is 6.20 Å². The zero-order chi connectivity index (χ0) is 16.1. The molecule has 2 aromatic rings. The molecule has 1 aromatic heterocycles. The lowest BCUT2D eigenvalue weighted by Crippen LogP contribution is -2.12. The van der Waals surface area contributed by atoms with Gasteiger partial charge in [-0.15, -0.1) is 0 Å². The maximum atomic E-state index is 13.3. The summed E-state index contributed by atoms with van der Waals surface area (Å²) >= 11 is 1.31. The third-order valence-corrected chi connectivity index (χ3v) is 4.06. The summed E-state index contributed by atoms with van der Waals surface area (Å²) in [5, 5.41) is 0.551. The molecule has 0 N–H and O–H groups in total. The first kappa shape index (κ1) is 16.2. The number of rotatable bonds is 5. The van der Waals surface area contributed by atoms with Crippen molar-refractivity contribution in [3.63, 3.8) is 0 Å². The van der Waals surface area contributed by atoms with E-state index >= 15 is 0 Å². The van der Waals surface area contributed by atoms with E-state index in [-0.39, 0.29) is 11.1 Å². The summed E-state index contributed by atoms with van der Waals surface area (Å²) in [6.07, 6.45) is 1.67. The number of aromatic nitrogens is 2. The Morgan fingerprint density at radius 1 is 1.41 bits per heavy atom. The smallest absolute Gasteiger partial charge is 0.338 e. The van der Waals surface area contributed by atoms with Crippen LogP contribution >= 0.6 is 11.8 Å². The zero-order valence-electron chi connectivity index (χ0n) is 12.2. The van der Waals surface area contributed by atoms with Crippen molar-refractivity contribution in [2.24, 2.45) is 0 Å². The van der Waals surface area contributed by atoms with Crippen molar-refractivity contribution in [1.82, 2.24) is 9.55 Å². The van der Waals surface area contributed by atoms with E-state index in [2.05, 4.69) is 9.72 Å². The van der Waals surface area contributed by atoms with Crippen molar-refractivity contribution in [3.05, 3.63) is 57.8 Å². The SMILES string of the molecule is CCn1ccc(=O)nc1SCc1ccc(F)cc1C(=O)OC.